The number of carbonyl (C=O) groups is 1. The summed E-state index contributed by atoms with van der Waals surface area (Å²) < 4.78 is 4.46. The van der Waals surface area contributed by atoms with Gasteiger partial charge in [-0.05, 0) is 42.7 Å². The maximum absolute atomic E-state index is 11.1. The van der Waals surface area contributed by atoms with Gasteiger partial charge in [0.2, 0.25) is 0 Å². The van der Waals surface area contributed by atoms with Crippen LogP contribution in [0.5, 0.6) is 0 Å². The van der Waals surface area contributed by atoms with Crippen molar-refractivity contribution in [3.63, 3.8) is 0 Å². The highest BCUT2D eigenvalue weighted by atomic mass is 35.5. The summed E-state index contributed by atoms with van der Waals surface area (Å²) in [6.07, 6.45) is -2.59. The van der Waals surface area contributed by atoms with Crippen LogP contribution >= 0.6 is 11.6 Å². The first-order chi connectivity index (χ1) is 8.36. The Hall–Kier alpha value is -1.10. The fraction of sp³-hybridized carbons (Fsp3) is 0.462. The number of carbonyl (C=O) groups excluding carboxylic acids is 1. The molecule has 0 heterocycles. The van der Waals surface area contributed by atoms with E-state index in [1.54, 1.807) is 26.0 Å². The minimum Gasteiger partial charge on any atom is -0.469 e. The molecule has 0 fully saturated rings. The maximum atomic E-state index is 11.1. The summed E-state index contributed by atoms with van der Waals surface area (Å²) in [5.74, 6) is -0.564. The molecule has 0 aliphatic carbocycles. The van der Waals surface area contributed by atoms with Crippen molar-refractivity contribution in [3.05, 3.63) is 33.8 Å². The van der Waals surface area contributed by atoms with Gasteiger partial charge in [-0.25, -0.2) is 0 Å². The molecule has 100 valence electrons. The van der Waals surface area contributed by atoms with Crippen molar-refractivity contribution in [1.29, 1.82) is 0 Å². The zero-order valence-corrected chi connectivity index (χ0v) is 11.4. The van der Waals surface area contributed by atoms with E-state index in [9.17, 15) is 15.0 Å². The van der Waals surface area contributed by atoms with Crippen molar-refractivity contribution in [3.8, 4) is 0 Å². The van der Waals surface area contributed by atoms with Crippen molar-refractivity contribution in [2.45, 2.75) is 32.5 Å². The molecule has 0 spiro atoms. The van der Waals surface area contributed by atoms with Crippen LogP contribution in [-0.2, 0) is 9.53 Å². The molecule has 0 bridgehead atoms. The van der Waals surface area contributed by atoms with Gasteiger partial charge in [0.15, 0.2) is 0 Å². The molecule has 0 saturated heterocycles. The third-order valence-corrected chi connectivity index (χ3v) is 3.04. The van der Waals surface area contributed by atoms with Crippen LogP contribution in [0.4, 0.5) is 0 Å². The van der Waals surface area contributed by atoms with Crippen LogP contribution in [0, 0.1) is 13.8 Å². The molecule has 0 amide bonds. The molecule has 0 aliphatic heterocycles. The molecule has 18 heavy (non-hydrogen) atoms. The number of methoxy groups -OCH3 is 1. The average molecular weight is 273 g/mol. The second-order valence-corrected chi connectivity index (χ2v) is 4.68. The predicted molar refractivity (Wildman–Crippen MR) is 68.5 cm³/mol. The van der Waals surface area contributed by atoms with E-state index in [2.05, 4.69) is 4.74 Å². The quantitative estimate of drug-likeness (QED) is 0.822. The van der Waals surface area contributed by atoms with Gasteiger partial charge < -0.3 is 14.9 Å². The van der Waals surface area contributed by atoms with Gasteiger partial charge in [0.25, 0.3) is 0 Å². The molecule has 2 unspecified atom stereocenters. The Morgan fingerprint density at radius 1 is 1.33 bits per heavy atom. The number of aryl methyl sites for hydroxylation is 2. The lowest BCUT2D eigenvalue weighted by atomic mass is 9.93. The normalized spacial score (nSPS) is 14.1. The molecule has 1 aromatic carbocycles. The van der Waals surface area contributed by atoms with Crippen molar-refractivity contribution in [2.24, 2.45) is 0 Å². The molecular formula is C13H17ClO4. The van der Waals surface area contributed by atoms with Gasteiger partial charge in [0.05, 0.1) is 19.6 Å². The first-order valence-corrected chi connectivity index (χ1v) is 5.94. The van der Waals surface area contributed by atoms with Crippen molar-refractivity contribution >= 4 is 17.6 Å². The number of benzene rings is 1. The van der Waals surface area contributed by atoms with Crippen LogP contribution in [0.25, 0.3) is 0 Å². The molecule has 0 saturated carbocycles. The molecular weight excluding hydrogens is 256 g/mol. The molecule has 4 nitrogen and oxygen atoms in total. The molecule has 2 N–H and O–H groups in total. The first kappa shape index (κ1) is 15.0. The lowest BCUT2D eigenvalue weighted by molar-refractivity contribution is -0.144. The zero-order valence-electron chi connectivity index (χ0n) is 10.6. The van der Waals surface area contributed by atoms with Gasteiger partial charge in [-0.2, -0.15) is 0 Å². The van der Waals surface area contributed by atoms with E-state index in [-0.39, 0.29) is 6.42 Å². The van der Waals surface area contributed by atoms with Gasteiger partial charge in [0.1, 0.15) is 6.10 Å². The fourth-order valence-corrected chi connectivity index (χ4v) is 2.27. The van der Waals surface area contributed by atoms with Gasteiger partial charge in [-0.15, -0.1) is 0 Å². The van der Waals surface area contributed by atoms with E-state index in [0.29, 0.717) is 10.6 Å². The average Bonchev–Trinajstić information content (AvgIpc) is 2.27. The van der Waals surface area contributed by atoms with Crippen molar-refractivity contribution in [2.75, 3.05) is 7.11 Å². The number of halogens is 1. The fourth-order valence-electron chi connectivity index (χ4n) is 1.95. The lowest BCUT2D eigenvalue weighted by Crippen LogP contribution is -2.23. The third kappa shape index (κ3) is 3.45. The van der Waals surface area contributed by atoms with E-state index in [1.165, 1.54) is 7.11 Å². The summed E-state index contributed by atoms with van der Waals surface area (Å²) >= 11 is 5.90. The molecule has 1 aromatic rings. The Kier molecular flexibility index (Phi) is 5.14. The molecule has 0 aliphatic rings. The second kappa shape index (κ2) is 6.18. The van der Waals surface area contributed by atoms with Crippen LogP contribution in [0.3, 0.4) is 0 Å². The van der Waals surface area contributed by atoms with Crippen LogP contribution in [0.2, 0.25) is 5.02 Å². The number of ether oxygens (including phenoxy) is 1. The Morgan fingerprint density at radius 2 is 1.83 bits per heavy atom. The van der Waals surface area contributed by atoms with Crippen LogP contribution < -0.4 is 0 Å². The molecule has 0 radical (unpaired) electrons. The van der Waals surface area contributed by atoms with Gasteiger partial charge in [0, 0.05) is 5.02 Å². The highest BCUT2D eigenvalue weighted by molar-refractivity contribution is 6.30. The number of aliphatic hydroxyl groups is 2. The van der Waals surface area contributed by atoms with E-state index in [4.69, 9.17) is 11.6 Å². The highest BCUT2D eigenvalue weighted by Crippen LogP contribution is 2.28. The van der Waals surface area contributed by atoms with Crippen LogP contribution in [-0.4, -0.2) is 29.4 Å². The molecule has 2 atom stereocenters. The summed E-state index contributed by atoms with van der Waals surface area (Å²) in [4.78, 5) is 11.1. The second-order valence-electron chi connectivity index (χ2n) is 4.25. The molecule has 1 rings (SSSR count). The van der Waals surface area contributed by atoms with E-state index >= 15 is 0 Å². The van der Waals surface area contributed by atoms with E-state index < -0.39 is 18.2 Å². The largest absolute Gasteiger partial charge is 0.469 e. The van der Waals surface area contributed by atoms with Crippen LogP contribution in [0.15, 0.2) is 12.1 Å². The van der Waals surface area contributed by atoms with Crippen molar-refractivity contribution in [1.82, 2.24) is 0 Å². The standard InChI is InChI=1S/C13H17ClO4/c1-7-4-9(14)5-8(2)12(7)13(17)10(15)6-11(16)18-3/h4-5,10,13,15,17H,6H2,1-3H3. The summed E-state index contributed by atoms with van der Waals surface area (Å²) in [6, 6.07) is 3.41. The Bertz CT molecular complexity index is 422. The Balaban J connectivity index is 2.96. The monoisotopic (exact) mass is 272 g/mol. The molecule has 5 heteroatoms. The predicted octanol–water partition coefficient (Wildman–Crippen LogP) is 1.91. The smallest absolute Gasteiger partial charge is 0.308 e. The summed E-state index contributed by atoms with van der Waals surface area (Å²) in [7, 11) is 1.24. The minimum atomic E-state index is -1.20. The third-order valence-electron chi connectivity index (χ3n) is 2.82. The number of rotatable bonds is 4. The first-order valence-electron chi connectivity index (χ1n) is 5.56. The van der Waals surface area contributed by atoms with Gasteiger partial charge in [-0.3, -0.25) is 4.79 Å². The van der Waals surface area contributed by atoms with Gasteiger partial charge in [-0.1, -0.05) is 11.6 Å². The maximum Gasteiger partial charge on any atom is 0.308 e. The van der Waals surface area contributed by atoms with E-state index in [1.807, 2.05) is 0 Å². The SMILES string of the molecule is COC(=O)CC(O)C(O)c1c(C)cc(Cl)cc1C. The number of hydrogen-bond acceptors (Lipinski definition) is 4. The number of hydrogen-bond donors (Lipinski definition) is 2. The summed E-state index contributed by atoms with van der Waals surface area (Å²) in [5, 5.41) is 20.5. The lowest BCUT2D eigenvalue weighted by Gasteiger charge is -2.21. The Labute approximate surface area is 111 Å². The minimum absolute atomic E-state index is 0.251. The van der Waals surface area contributed by atoms with Crippen LogP contribution in [0.1, 0.15) is 29.2 Å². The highest BCUT2D eigenvalue weighted by Gasteiger charge is 2.24. The topological polar surface area (TPSA) is 66.8 Å². The number of esters is 1. The Morgan fingerprint density at radius 3 is 2.28 bits per heavy atom. The zero-order chi connectivity index (χ0) is 13.9. The number of aliphatic hydroxyl groups excluding tert-OH is 2. The summed E-state index contributed by atoms with van der Waals surface area (Å²) in [6.45, 7) is 3.59. The molecule has 0 aromatic heterocycles. The van der Waals surface area contributed by atoms with Crippen molar-refractivity contribution < 1.29 is 19.7 Å². The van der Waals surface area contributed by atoms with E-state index in [0.717, 1.165) is 11.1 Å². The summed E-state index contributed by atoms with van der Waals surface area (Å²) in [5.41, 5.74) is 2.14. The van der Waals surface area contributed by atoms with Gasteiger partial charge >= 0.3 is 5.97 Å².